The molecule has 3 rings (SSSR count). The average Bonchev–Trinajstić information content (AvgIpc) is 3.09. The normalized spacial score (nSPS) is 15.8. The van der Waals surface area contributed by atoms with Crippen LogP contribution in [0.1, 0.15) is 11.5 Å². The molecule has 23 heavy (non-hydrogen) atoms. The first kappa shape index (κ1) is 15.8. The van der Waals surface area contributed by atoms with Crippen molar-refractivity contribution in [3.63, 3.8) is 0 Å². The van der Waals surface area contributed by atoms with Gasteiger partial charge in [-0.05, 0) is 6.92 Å². The highest BCUT2D eigenvalue weighted by Crippen LogP contribution is 2.15. The number of hydrogen-bond acceptors (Lipinski definition) is 8. The van der Waals surface area contributed by atoms with Gasteiger partial charge >= 0.3 is 0 Å². The summed E-state index contributed by atoms with van der Waals surface area (Å²) in [7, 11) is -3.69. The third-order valence-electron chi connectivity index (χ3n) is 3.36. The molecule has 1 saturated heterocycles. The summed E-state index contributed by atoms with van der Waals surface area (Å²) in [6.07, 6.45) is 2.21. The van der Waals surface area contributed by atoms with Crippen LogP contribution in [0.5, 0.6) is 0 Å². The van der Waals surface area contributed by atoms with Gasteiger partial charge in [0, 0.05) is 24.8 Å². The molecule has 2 aromatic heterocycles. The maximum Gasteiger partial charge on any atom is 0.245 e. The molecule has 1 N–H and O–H groups in total. The van der Waals surface area contributed by atoms with Gasteiger partial charge < -0.3 is 14.2 Å². The molecule has 9 nitrogen and oxygen atoms in total. The zero-order valence-corrected chi connectivity index (χ0v) is 13.4. The zero-order valence-electron chi connectivity index (χ0n) is 12.6. The summed E-state index contributed by atoms with van der Waals surface area (Å²) >= 11 is 0. The second-order valence-corrected chi connectivity index (χ2v) is 6.83. The zero-order chi connectivity index (χ0) is 16.3. The number of rotatable bonds is 5. The second-order valence-electron chi connectivity index (χ2n) is 5.07. The fourth-order valence-corrected chi connectivity index (χ4v) is 3.05. The van der Waals surface area contributed by atoms with Gasteiger partial charge in [0.1, 0.15) is 22.8 Å². The van der Waals surface area contributed by atoms with E-state index in [2.05, 4.69) is 29.3 Å². The molecule has 1 aliphatic heterocycles. The van der Waals surface area contributed by atoms with Gasteiger partial charge in [-0.25, -0.2) is 23.1 Å². The summed E-state index contributed by atoms with van der Waals surface area (Å²) in [4.78, 5) is 10.8. The molecule has 2 aromatic rings. The average molecular weight is 339 g/mol. The summed E-state index contributed by atoms with van der Waals surface area (Å²) in [6, 6.07) is 1.88. The molecule has 124 valence electrons. The van der Waals surface area contributed by atoms with Crippen LogP contribution in [0.25, 0.3) is 0 Å². The molecule has 3 heterocycles. The van der Waals surface area contributed by atoms with Gasteiger partial charge in [-0.2, -0.15) is 0 Å². The van der Waals surface area contributed by atoms with Gasteiger partial charge in [0.15, 0.2) is 0 Å². The molecule has 1 fully saturated rings. The first-order valence-electron chi connectivity index (χ1n) is 7.11. The maximum absolute atomic E-state index is 12.0. The molecular weight excluding hydrogens is 322 g/mol. The van der Waals surface area contributed by atoms with E-state index in [0.29, 0.717) is 19.0 Å². The highest BCUT2D eigenvalue weighted by Gasteiger charge is 2.18. The lowest BCUT2D eigenvalue weighted by Gasteiger charge is -2.28. The second kappa shape index (κ2) is 6.60. The number of aromatic nitrogens is 3. The summed E-state index contributed by atoms with van der Waals surface area (Å²) in [6.45, 7) is 4.65. The third-order valence-corrected chi connectivity index (χ3v) is 4.71. The van der Waals surface area contributed by atoms with Crippen molar-refractivity contribution in [2.45, 2.75) is 18.4 Å². The topological polar surface area (TPSA) is 110 Å². The Balaban J connectivity index is 1.74. The molecule has 0 aromatic carbocycles. The van der Waals surface area contributed by atoms with Crippen LogP contribution in [0.3, 0.4) is 0 Å². The van der Waals surface area contributed by atoms with Crippen LogP contribution in [-0.4, -0.2) is 49.8 Å². The Morgan fingerprint density at radius 1 is 1.30 bits per heavy atom. The lowest BCUT2D eigenvalue weighted by atomic mass is 10.3. The van der Waals surface area contributed by atoms with Crippen LogP contribution in [-0.2, 0) is 21.3 Å². The van der Waals surface area contributed by atoms with Crippen molar-refractivity contribution in [2.75, 3.05) is 31.2 Å². The number of aryl methyl sites for hydroxylation is 1. The molecule has 0 aliphatic carbocycles. The van der Waals surface area contributed by atoms with E-state index in [4.69, 9.17) is 4.74 Å². The van der Waals surface area contributed by atoms with E-state index in [-0.39, 0.29) is 11.4 Å². The minimum atomic E-state index is -3.69. The van der Waals surface area contributed by atoms with Gasteiger partial charge in [0.25, 0.3) is 0 Å². The quantitative estimate of drug-likeness (QED) is 0.816. The van der Waals surface area contributed by atoms with Crippen molar-refractivity contribution >= 4 is 15.8 Å². The lowest BCUT2D eigenvalue weighted by Crippen LogP contribution is -2.37. The van der Waals surface area contributed by atoms with E-state index < -0.39 is 10.0 Å². The Hall–Kier alpha value is -2.04. The Labute approximate surface area is 133 Å². The molecule has 0 bridgehead atoms. The van der Waals surface area contributed by atoms with Gasteiger partial charge in [-0.15, -0.1) is 0 Å². The summed E-state index contributed by atoms with van der Waals surface area (Å²) in [5.41, 5.74) is 0.778. The summed E-state index contributed by atoms with van der Waals surface area (Å²) < 4.78 is 36.4. The van der Waals surface area contributed by atoms with Crippen molar-refractivity contribution in [1.82, 2.24) is 19.8 Å². The maximum atomic E-state index is 12.0. The van der Waals surface area contributed by atoms with E-state index in [9.17, 15) is 8.42 Å². The lowest BCUT2D eigenvalue weighted by molar-refractivity contribution is 0.122. The van der Waals surface area contributed by atoms with Gasteiger partial charge in [0.2, 0.25) is 10.0 Å². The predicted molar refractivity (Wildman–Crippen MR) is 80.3 cm³/mol. The molecule has 10 heteroatoms. The van der Waals surface area contributed by atoms with Crippen molar-refractivity contribution in [1.29, 1.82) is 0 Å². The number of sulfonamides is 1. The summed E-state index contributed by atoms with van der Waals surface area (Å²) in [5, 5.41) is 3.39. The highest BCUT2D eigenvalue weighted by atomic mass is 32.2. The largest absolute Gasteiger partial charge is 0.378 e. The van der Waals surface area contributed by atoms with Gasteiger partial charge in [-0.1, -0.05) is 5.16 Å². The molecule has 0 spiro atoms. The number of nitrogens with one attached hydrogen (secondary N) is 1. The smallest absolute Gasteiger partial charge is 0.245 e. The van der Waals surface area contributed by atoms with Crippen LogP contribution in [0.4, 0.5) is 5.82 Å². The standard InChI is InChI=1S/C13H17N5O4S/c1-10-6-13(18-2-4-21-5-3-18)17-12(16-10)8-15-23(19,20)11-7-14-22-9-11/h6-7,9,15H,2-5,8H2,1H3. The van der Waals surface area contributed by atoms with E-state index in [1.54, 1.807) is 0 Å². The number of morpholine rings is 1. The van der Waals surface area contributed by atoms with Crippen LogP contribution < -0.4 is 9.62 Å². The van der Waals surface area contributed by atoms with Crippen molar-refractivity contribution in [2.24, 2.45) is 0 Å². The number of ether oxygens (including phenoxy) is 1. The minimum Gasteiger partial charge on any atom is -0.378 e. The number of hydrogen-bond donors (Lipinski definition) is 1. The molecule has 1 aliphatic rings. The molecular formula is C13H17N5O4S. The Bertz CT molecular complexity index is 757. The van der Waals surface area contributed by atoms with Gasteiger partial charge in [-0.3, -0.25) is 0 Å². The van der Waals surface area contributed by atoms with E-state index in [0.717, 1.165) is 37.1 Å². The van der Waals surface area contributed by atoms with Crippen LogP contribution in [0, 0.1) is 6.92 Å². The first-order valence-corrected chi connectivity index (χ1v) is 8.59. The highest BCUT2D eigenvalue weighted by molar-refractivity contribution is 7.89. The van der Waals surface area contributed by atoms with Crippen LogP contribution >= 0.6 is 0 Å². The van der Waals surface area contributed by atoms with Gasteiger partial charge in [0.05, 0.1) is 26.0 Å². The fraction of sp³-hybridized carbons (Fsp3) is 0.462. The summed E-state index contributed by atoms with van der Waals surface area (Å²) in [5.74, 6) is 1.19. The SMILES string of the molecule is Cc1cc(N2CCOCC2)nc(CNS(=O)(=O)c2cnoc2)n1. The Morgan fingerprint density at radius 3 is 2.78 bits per heavy atom. The molecule has 0 unspecified atom stereocenters. The Morgan fingerprint density at radius 2 is 2.09 bits per heavy atom. The predicted octanol–water partition coefficient (Wildman–Crippen LogP) is 0.0881. The van der Waals surface area contributed by atoms with Crippen molar-refractivity contribution in [3.8, 4) is 0 Å². The van der Waals surface area contributed by atoms with Crippen molar-refractivity contribution < 1.29 is 17.7 Å². The van der Waals surface area contributed by atoms with E-state index in [1.807, 2.05) is 13.0 Å². The third kappa shape index (κ3) is 3.84. The molecule has 0 saturated carbocycles. The van der Waals surface area contributed by atoms with E-state index in [1.165, 1.54) is 0 Å². The molecule has 0 atom stereocenters. The van der Waals surface area contributed by atoms with Crippen LogP contribution in [0.15, 0.2) is 27.9 Å². The van der Waals surface area contributed by atoms with Crippen LogP contribution in [0.2, 0.25) is 0 Å². The fourth-order valence-electron chi connectivity index (χ4n) is 2.22. The van der Waals surface area contributed by atoms with Crippen molar-refractivity contribution in [3.05, 3.63) is 30.0 Å². The number of nitrogens with zero attached hydrogens (tertiary/aromatic N) is 4. The minimum absolute atomic E-state index is 0.00741. The van der Waals surface area contributed by atoms with E-state index >= 15 is 0 Å². The monoisotopic (exact) mass is 339 g/mol. The molecule has 0 radical (unpaired) electrons. The number of anilines is 1. The Kier molecular flexibility index (Phi) is 4.55. The first-order chi connectivity index (χ1) is 11.0. The molecule has 0 amide bonds.